The Kier molecular flexibility index (Phi) is 11.8. The molecule has 4 amide bonds. The summed E-state index contributed by atoms with van der Waals surface area (Å²) in [5.41, 5.74) is -0.0445. The van der Waals surface area contributed by atoms with E-state index in [9.17, 15) is 24.0 Å². The number of hydrogen-bond donors (Lipinski definition) is 4. The van der Waals surface area contributed by atoms with Crippen molar-refractivity contribution < 1.29 is 28.7 Å². The Balaban J connectivity index is 2.55. The maximum atomic E-state index is 13.2. The lowest BCUT2D eigenvalue weighted by atomic mass is 10.0. The molecule has 2 rings (SSSR count). The van der Waals surface area contributed by atoms with E-state index in [0.29, 0.717) is 12.2 Å². The third-order valence-corrected chi connectivity index (χ3v) is 8.03. The molecule has 1 saturated heterocycles. The largest absolute Gasteiger partial charge is 0.456 e. The van der Waals surface area contributed by atoms with Crippen LogP contribution < -0.4 is 21.3 Å². The first-order valence-corrected chi connectivity index (χ1v) is 14.5. The Morgan fingerprint density at radius 1 is 0.944 bits per heavy atom. The molecule has 0 aliphatic carbocycles. The summed E-state index contributed by atoms with van der Waals surface area (Å²) in [4.78, 5) is 65.2. The molecule has 12 heteroatoms. The number of carbonyl (C=O) groups excluding carboxylic acids is 5. The van der Waals surface area contributed by atoms with Gasteiger partial charge in [-0.15, -0.1) is 0 Å². The lowest BCUT2D eigenvalue weighted by Crippen LogP contribution is -2.57. The Labute approximate surface area is 220 Å². The summed E-state index contributed by atoms with van der Waals surface area (Å²) in [5, 5.41) is 10.7. The molecule has 0 unspecified atom stereocenters. The standard InChI is InChI=1S/C24H36N4O6S2/c1-6-16-21(30)28-20(14(4)5)24(33)34-15-9-7-8-10-35-36-12-17(22(31)25-16)26-23(32)19(13(2)3)27-18(29)11-15/h6-7,9,13-15,17,19-20H,8,10-12H2,1-5H3,(H,25,31)(H,26,32)(H,27,29)(H,28,30)/b9-7+,16-6+/t15-,17-,19+,20+/m0/s1. The van der Waals surface area contributed by atoms with Gasteiger partial charge in [-0.25, -0.2) is 4.79 Å². The average molecular weight is 541 g/mol. The highest BCUT2D eigenvalue weighted by atomic mass is 33.1. The molecule has 4 N–H and O–H groups in total. The van der Waals surface area contributed by atoms with Gasteiger partial charge in [0.1, 0.15) is 29.9 Å². The van der Waals surface area contributed by atoms with Gasteiger partial charge >= 0.3 is 5.97 Å². The third kappa shape index (κ3) is 8.88. The second-order valence-corrected chi connectivity index (χ2v) is 11.9. The van der Waals surface area contributed by atoms with Gasteiger partial charge in [-0.05, 0) is 31.3 Å². The van der Waals surface area contributed by atoms with E-state index in [4.69, 9.17) is 4.74 Å². The second kappa shape index (κ2) is 14.3. The van der Waals surface area contributed by atoms with Gasteiger partial charge in [-0.2, -0.15) is 0 Å². The highest BCUT2D eigenvalue weighted by Gasteiger charge is 2.33. The molecule has 4 atom stereocenters. The Morgan fingerprint density at radius 3 is 2.28 bits per heavy atom. The lowest BCUT2D eigenvalue weighted by molar-refractivity contribution is -0.153. The number of hydrogen-bond acceptors (Lipinski definition) is 8. The Hall–Kier alpha value is -2.47. The molecule has 2 heterocycles. The van der Waals surface area contributed by atoms with E-state index in [1.54, 1.807) is 40.7 Å². The van der Waals surface area contributed by atoms with Crippen molar-refractivity contribution in [2.45, 2.75) is 71.7 Å². The van der Waals surface area contributed by atoms with Crippen LogP contribution in [0.25, 0.3) is 0 Å². The summed E-state index contributed by atoms with van der Waals surface area (Å²) in [6, 6.07) is -2.86. The van der Waals surface area contributed by atoms with Crippen LogP contribution in [0, 0.1) is 11.8 Å². The molecular weight excluding hydrogens is 504 g/mol. The minimum atomic E-state index is -1.00. The maximum absolute atomic E-state index is 13.2. The summed E-state index contributed by atoms with van der Waals surface area (Å²) in [6.45, 7) is 8.66. The number of nitrogens with one attached hydrogen (secondary N) is 4. The Bertz CT molecular complexity index is 905. The number of esters is 1. The first-order chi connectivity index (χ1) is 17.0. The van der Waals surface area contributed by atoms with E-state index in [-0.39, 0.29) is 29.7 Å². The third-order valence-electron chi connectivity index (χ3n) is 5.59. The number of allylic oxidation sites excluding steroid dienone is 2. The van der Waals surface area contributed by atoms with Gasteiger partial charge in [0.25, 0.3) is 5.91 Å². The molecule has 0 aromatic heterocycles. The molecule has 0 saturated carbocycles. The number of amides is 4. The van der Waals surface area contributed by atoms with Gasteiger partial charge in [0.05, 0.1) is 6.42 Å². The molecule has 1 fully saturated rings. The molecule has 2 aliphatic heterocycles. The molecule has 0 radical (unpaired) electrons. The maximum Gasteiger partial charge on any atom is 0.329 e. The van der Waals surface area contributed by atoms with Crippen molar-refractivity contribution in [2.24, 2.45) is 11.8 Å². The van der Waals surface area contributed by atoms with Crippen molar-refractivity contribution in [3.05, 3.63) is 23.9 Å². The monoisotopic (exact) mass is 540 g/mol. The van der Waals surface area contributed by atoms with Crippen LogP contribution >= 0.6 is 21.6 Å². The van der Waals surface area contributed by atoms with Gasteiger partial charge in [0, 0.05) is 11.5 Å². The van der Waals surface area contributed by atoms with Crippen LogP contribution in [-0.4, -0.2) is 65.3 Å². The predicted octanol–water partition coefficient (Wildman–Crippen LogP) is 1.43. The van der Waals surface area contributed by atoms with E-state index in [0.717, 1.165) is 0 Å². The van der Waals surface area contributed by atoms with Gasteiger partial charge in [-0.3, -0.25) is 19.2 Å². The first-order valence-electron chi connectivity index (χ1n) is 12.0. The highest BCUT2D eigenvalue weighted by molar-refractivity contribution is 8.76. The molecule has 36 heavy (non-hydrogen) atoms. The fourth-order valence-corrected chi connectivity index (χ4v) is 5.66. The van der Waals surface area contributed by atoms with Crippen LogP contribution in [0.4, 0.5) is 0 Å². The van der Waals surface area contributed by atoms with Crippen molar-refractivity contribution in [3.63, 3.8) is 0 Å². The molecule has 200 valence electrons. The zero-order chi connectivity index (χ0) is 26.8. The predicted molar refractivity (Wildman–Crippen MR) is 141 cm³/mol. The minimum absolute atomic E-state index is 0.0445. The number of fused-ring (bicyclic) bond motifs is 7. The van der Waals surface area contributed by atoms with Crippen LogP contribution in [0.15, 0.2) is 23.9 Å². The van der Waals surface area contributed by atoms with Crippen LogP contribution in [0.1, 0.15) is 47.5 Å². The normalized spacial score (nSPS) is 29.6. The van der Waals surface area contributed by atoms with E-state index in [1.807, 2.05) is 6.08 Å². The van der Waals surface area contributed by atoms with Crippen molar-refractivity contribution >= 4 is 51.2 Å². The lowest BCUT2D eigenvalue weighted by Gasteiger charge is -2.27. The van der Waals surface area contributed by atoms with Crippen molar-refractivity contribution in [2.75, 3.05) is 11.5 Å². The molecule has 2 aliphatic rings. The van der Waals surface area contributed by atoms with Gasteiger partial charge in [0.15, 0.2) is 0 Å². The van der Waals surface area contributed by atoms with Crippen molar-refractivity contribution in [1.82, 2.24) is 21.3 Å². The van der Waals surface area contributed by atoms with E-state index < -0.39 is 53.8 Å². The fourth-order valence-electron chi connectivity index (χ4n) is 3.50. The highest BCUT2D eigenvalue weighted by Crippen LogP contribution is 2.24. The van der Waals surface area contributed by atoms with Crippen LogP contribution in [0.5, 0.6) is 0 Å². The van der Waals surface area contributed by atoms with E-state index in [1.165, 1.54) is 27.7 Å². The molecule has 0 aromatic carbocycles. The average Bonchev–Trinajstić information content (AvgIpc) is 2.81. The fraction of sp³-hybridized carbons (Fsp3) is 0.625. The minimum Gasteiger partial charge on any atom is -0.456 e. The smallest absolute Gasteiger partial charge is 0.329 e. The summed E-state index contributed by atoms with van der Waals surface area (Å²) in [5.74, 6) is -2.54. The second-order valence-electron chi connectivity index (χ2n) is 9.24. The number of carbonyl (C=O) groups is 5. The van der Waals surface area contributed by atoms with Crippen LogP contribution in [0.2, 0.25) is 0 Å². The van der Waals surface area contributed by atoms with Crippen molar-refractivity contribution in [3.8, 4) is 0 Å². The molecule has 0 spiro atoms. The summed E-state index contributed by atoms with van der Waals surface area (Å²) in [6.07, 6.45) is 4.51. The first kappa shape index (κ1) is 29.8. The van der Waals surface area contributed by atoms with E-state index >= 15 is 0 Å². The number of rotatable bonds is 2. The van der Waals surface area contributed by atoms with Gasteiger partial charge in [-0.1, -0.05) is 61.4 Å². The van der Waals surface area contributed by atoms with Crippen molar-refractivity contribution in [1.29, 1.82) is 0 Å². The van der Waals surface area contributed by atoms with E-state index in [2.05, 4.69) is 21.3 Å². The van der Waals surface area contributed by atoms with Crippen LogP contribution in [0.3, 0.4) is 0 Å². The SMILES string of the molecule is C/C=C1/NC(=O)[C@@H]2CSSCC/C=C/[C@@H](CC(=O)N[C@H](C(C)C)C(=O)N2)OC(=O)[C@@H](C(C)C)NC1=O. The number of ether oxygens (including phenoxy) is 1. The molecule has 10 nitrogen and oxygen atoms in total. The Morgan fingerprint density at radius 2 is 1.64 bits per heavy atom. The zero-order valence-electron chi connectivity index (χ0n) is 21.3. The summed E-state index contributed by atoms with van der Waals surface area (Å²) in [7, 11) is 2.95. The zero-order valence-corrected chi connectivity index (χ0v) is 22.9. The summed E-state index contributed by atoms with van der Waals surface area (Å²) >= 11 is 0. The van der Waals surface area contributed by atoms with Crippen LogP contribution in [-0.2, 0) is 28.7 Å². The summed E-state index contributed by atoms with van der Waals surface area (Å²) < 4.78 is 5.65. The van der Waals surface area contributed by atoms with Gasteiger partial charge < -0.3 is 26.0 Å². The molecule has 0 aromatic rings. The molecular formula is C24H36N4O6S2. The molecule has 2 bridgehead atoms. The van der Waals surface area contributed by atoms with Gasteiger partial charge in [0.2, 0.25) is 17.7 Å². The quantitative estimate of drug-likeness (QED) is 0.178. The topological polar surface area (TPSA) is 143 Å².